The zero-order valence-electron chi connectivity index (χ0n) is 10.2. The number of nitrogens with two attached hydrogens (primary N) is 1. The van der Waals surface area contributed by atoms with Gasteiger partial charge in [-0.25, -0.2) is 0 Å². The molecule has 2 N–H and O–H groups in total. The number of ether oxygens (including phenoxy) is 1. The summed E-state index contributed by atoms with van der Waals surface area (Å²) in [5, 5.41) is 0. The SMILES string of the molecule is Cc1ccc([C@H](N)C2CCOCC2)c(C)c1. The van der Waals surface area contributed by atoms with Gasteiger partial charge in [0.2, 0.25) is 0 Å². The molecule has 0 bridgehead atoms. The summed E-state index contributed by atoms with van der Waals surface area (Å²) in [5.74, 6) is 0.579. The normalized spacial score (nSPS) is 19.7. The highest BCUT2D eigenvalue weighted by Gasteiger charge is 2.23. The predicted molar refractivity (Wildman–Crippen MR) is 66.4 cm³/mol. The monoisotopic (exact) mass is 219 g/mol. The molecule has 1 fully saturated rings. The third-order valence-corrected chi connectivity index (χ3v) is 3.56. The Morgan fingerprint density at radius 2 is 1.94 bits per heavy atom. The number of rotatable bonds is 2. The average molecular weight is 219 g/mol. The first kappa shape index (κ1) is 11.6. The molecule has 0 aromatic heterocycles. The molecule has 16 heavy (non-hydrogen) atoms. The van der Waals surface area contributed by atoms with Crippen molar-refractivity contribution in [3.63, 3.8) is 0 Å². The lowest BCUT2D eigenvalue weighted by Gasteiger charge is -2.28. The minimum atomic E-state index is 0.171. The van der Waals surface area contributed by atoms with Crippen LogP contribution >= 0.6 is 0 Å². The molecule has 88 valence electrons. The molecule has 2 heteroatoms. The molecule has 0 saturated carbocycles. The second kappa shape index (κ2) is 4.98. The van der Waals surface area contributed by atoms with E-state index in [1.54, 1.807) is 0 Å². The summed E-state index contributed by atoms with van der Waals surface area (Å²) in [7, 11) is 0. The van der Waals surface area contributed by atoms with Gasteiger partial charge in [-0.3, -0.25) is 0 Å². The van der Waals surface area contributed by atoms with Crippen molar-refractivity contribution in [2.75, 3.05) is 13.2 Å². The largest absolute Gasteiger partial charge is 0.381 e. The first-order valence-corrected chi connectivity index (χ1v) is 6.09. The van der Waals surface area contributed by atoms with Crippen LogP contribution < -0.4 is 5.73 Å². The van der Waals surface area contributed by atoms with Crippen molar-refractivity contribution in [2.24, 2.45) is 11.7 Å². The van der Waals surface area contributed by atoms with Crippen LogP contribution in [0.5, 0.6) is 0 Å². The second-order valence-corrected chi connectivity index (χ2v) is 4.84. The molecule has 1 aliphatic heterocycles. The fraction of sp³-hybridized carbons (Fsp3) is 0.571. The van der Waals surface area contributed by atoms with Crippen molar-refractivity contribution in [1.29, 1.82) is 0 Å². The van der Waals surface area contributed by atoms with Gasteiger partial charge in [0.25, 0.3) is 0 Å². The van der Waals surface area contributed by atoms with Crippen LogP contribution in [-0.2, 0) is 4.74 Å². The summed E-state index contributed by atoms with van der Waals surface area (Å²) in [6.45, 7) is 6.00. The summed E-state index contributed by atoms with van der Waals surface area (Å²) < 4.78 is 5.38. The fourth-order valence-corrected chi connectivity index (χ4v) is 2.53. The number of hydrogen-bond acceptors (Lipinski definition) is 2. The molecular formula is C14H21NO. The maximum Gasteiger partial charge on any atom is 0.0469 e. The maximum atomic E-state index is 6.37. The van der Waals surface area contributed by atoms with E-state index in [1.165, 1.54) is 16.7 Å². The van der Waals surface area contributed by atoms with Gasteiger partial charge in [-0.1, -0.05) is 23.8 Å². The third-order valence-electron chi connectivity index (χ3n) is 3.56. The van der Waals surface area contributed by atoms with Gasteiger partial charge in [-0.05, 0) is 43.7 Å². The summed E-state index contributed by atoms with van der Waals surface area (Å²) in [6, 6.07) is 6.73. The van der Waals surface area contributed by atoms with Crippen LogP contribution in [0.25, 0.3) is 0 Å². The van der Waals surface area contributed by atoms with Gasteiger partial charge in [0, 0.05) is 19.3 Å². The maximum absolute atomic E-state index is 6.37. The van der Waals surface area contributed by atoms with E-state index in [9.17, 15) is 0 Å². The standard InChI is InChI=1S/C14H21NO/c1-10-3-4-13(11(2)9-10)14(15)12-5-7-16-8-6-12/h3-4,9,12,14H,5-8,15H2,1-2H3/t14-/m1/s1. The lowest BCUT2D eigenvalue weighted by molar-refractivity contribution is 0.0583. The van der Waals surface area contributed by atoms with Gasteiger partial charge in [0.1, 0.15) is 0 Å². The second-order valence-electron chi connectivity index (χ2n) is 4.84. The quantitative estimate of drug-likeness (QED) is 0.830. The van der Waals surface area contributed by atoms with E-state index in [2.05, 4.69) is 32.0 Å². The van der Waals surface area contributed by atoms with Crippen molar-refractivity contribution in [3.8, 4) is 0 Å². The number of hydrogen-bond donors (Lipinski definition) is 1. The predicted octanol–water partition coefficient (Wildman–Crippen LogP) is 2.73. The molecular weight excluding hydrogens is 198 g/mol. The highest BCUT2D eigenvalue weighted by molar-refractivity contribution is 5.33. The van der Waals surface area contributed by atoms with Gasteiger partial charge < -0.3 is 10.5 Å². The smallest absolute Gasteiger partial charge is 0.0469 e. The zero-order valence-corrected chi connectivity index (χ0v) is 10.2. The minimum absolute atomic E-state index is 0.171. The molecule has 0 unspecified atom stereocenters. The number of benzene rings is 1. The molecule has 0 radical (unpaired) electrons. The highest BCUT2D eigenvalue weighted by atomic mass is 16.5. The summed E-state index contributed by atoms with van der Waals surface area (Å²) in [4.78, 5) is 0. The Balaban J connectivity index is 2.15. The van der Waals surface area contributed by atoms with E-state index in [1.807, 2.05) is 0 Å². The Labute approximate surface area is 97.8 Å². The zero-order chi connectivity index (χ0) is 11.5. The molecule has 0 spiro atoms. The van der Waals surface area contributed by atoms with Crippen molar-refractivity contribution in [3.05, 3.63) is 34.9 Å². The molecule has 0 aliphatic carbocycles. The Hall–Kier alpha value is -0.860. The molecule has 1 atom stereocenters. The average Bonchev–Trinajstić information content (AvgIpc) is 2.29. The van der Waals surface area contributed by atoms with E-state index in [4.69, 9.17) is 10.5 Å². The van der Waals surface area contributed by atoms with Gasteiger partial charge in [-0.2, -0.15) is 0 Å². The lowest BCUT2D eigenvalue weighted by Crippen LogP contribution is -2.27. The Kier molecular flexibility index (Phi) is 3.62. The van der Waals surface area contributed by atoms with E-state index in [-0.39, 0.29) is 6.04 Å². The van der Waals surface area contributed by atoms with E-state index in [0.29, 0.717) is 5.92 Å². The topological polar surface area (TPSA) is 35.2 Å². The minimum Gasteiger partial charge on any atom is -0.381 e. The molecule has 1 saturated heterocycles. The Morgan fingerprint density at radius 3 is 2.56 bits per heavy atom. The van der Waals surface area contributed by atoms with Crippen molar-refractivity contribution in [2.45, 2.75) is 32.7 Å². The molecule has 1 aliphatic rings. The van der Waals surface area contributed by atoms with Crippen molar-refractivity contribution >= 4 is 0 Å². The van der Waals surface area contributed by atoms with Crippen LogP contribution in [0.2, 0.25) is 0 Å². The fourth-order valence-electron chi connectivity index (χ4n) is 2.53. The van der Waals surface area contributed by atoms with Crippen LogP contribution in [0, 0.1) is 19.8 Å². The van der Waals surface area contributed by atoms with Crippen LogP contribution in [0.3, 0.4) is 0 Å². The Morgan fingerprint density at radius 1 is 1.25 bits per heavy atom. The third kappa shape index (κ3) is 2.45. The summed E-state index contributed by atoms with van der Waals surface area (Å²) in [5.41, 5.74) is 10.3. The molecule has 1 aromatic rings. The van der Waals surface area contributed by atoms with E-state index < -0.39 is 0 Å². The van der Waals surface area contributed by atoms with Gasteiger partial charge in [-0.15, -0.1) is 0 Å². The van der Waals surface area contributed by atoms with Crippen LogP contribution in [0.1, 0.15) is 35.6 Å². The lowest BCUT2D eigenvalue weighted by atomic mass is 9.85. The van der Waals surface area contributed by atoms with Crippen molar-refractivity contribution < 1.29 is 4.74 Å². The van der Waals surface area contributed by atoms with E-state index in [0.717, 1.165) is 26.1 Å². The van der Waals surface area contributed by atoms with Gasteiger partial charge >= 0.3 is 0 Å². The van der Waals surface area contributed by atoms with Crippen LogP contribution in [-0.4, -0.2) is 13.2 Å². The molecule has 1 aromatic carbocycles. The van der Waals surface area contributed by atoms with Gasteiger partial charge in [0.15, 0.2) is 0 Å². The van der Waals surface area contributed by atoms with Gasteiger partial charge in [0.05, 0.1) is 0 Å². The summed E-state index contributed by atoms with van der Waals surface area (Å²) >= 11 is 0. The molecule has 1 heterocycles. The van der Waals surface area contributed by atoms with E-state index >= 15 is 0 Å². The molecule has 2 rings (SSSR count). The molecule has 2 nitrogen and oxygen atoms in total. The first-order valence-electron chi connectivity index (χ1n) is 6.09. The first-order chi connectivity index (χ1) is 7.68. The number of aryl methyl sites for hydroxylation is 2. The van der Waals surface area contributed by atoms with Crippen molar-refractivity contribution in [1.82, 2.24) is 0 Å². The highest BCUT2D eigenvalue weighted by Crippen LogP contribution is 2.29. The molecule has 0 amide bonds. The summed E-state index contributed by atoms with van der Waals surface area (Å²) in [6.07, 6.45) is 2.18. The van der Waals surface area contributed by atoms with Crippen LogP contribution in [0.4, 0.5) is 0 Å². The Bertz CT molecular complexity index is 356. The van der Waals surface area contributed by atoms with Crippen LogP contribution in [0.15, 0.2) is 18.2 Å².